The average Bonchev–Trinajstić information content (AvgIpc) is 3.21. The van der Waals surface area contributed by atoms with Crippen LogP contribution in [0.3, 0.4) is 0 Å². The summed E-state index contributed by atoms with van der Waals surface area (Å²) >= 11 is 0. The van der Waals surface area contributed by atoms with Gasteiger partial charge in [0.25, 0.3) is 0 Å². The zero-order valence-electron chi connectivity index (χ0n) is 15.7. The molecule has 0 aliphatic rings. The molecule has 1 N–H and O–H groups in total. The Hall–Kier alpha value is -3.39. The van der Waals surface area contributed by atoms with E-state index in [-0.39, 0.29) is 19.1 Å². The van der Waals surface area contributed by atoms with Gasteiger partial charge in [-0.05, 0) is 23.8 Å². The molecule has 0 aliphatic heterocycles. The smallest absolute Gasteiger partial charge is 0.246 e. The van der Waals surface area contributed by atoms with E-state index in [4.69, 9.17) is 18.7 Å². The minimum absolute atomic E-state index is 0.0500. The van der Waals surface area contributed by atoms with Crippen molar-refractivity contribution in [2.75, 3.05) is 20.8 Å². The SMILES string of the molecule is COc1ccc(-c2noc(CNC(=O)COCc3ccccc3)n2)cc1OC. The van der Waals surface area contributed by atoms with E-state index in [0.717, 1.165) is 5.56 Å². The van der Waals surface area contributed by atoms with Crippen LogP contribution in [0.25, 0.3) is 11.4 Å². The number of hydrogen-bond donors (Lipinski definition) is 1. The van der Waals surface area contributed by atoms with Gasteiger partial charge in [0.1, 0.15) is 6.61 Å². The molecule has 0 fully saturated rings. The number of benzene rings is 2. The number of nitrogens with one attached hydrogen (secondary N) is 1. The Bertz CT molecular complexity index is 911. The maximum Gasteiger partial charge on any atom is 0.246 e. The zero-order valence-corrected chi connectivity index (χ0v) is 15.7. The minimum Gasteiger partial charge on any atom is -0.493 e. The Morgan fingerprint density at radius 2 is 1.86 bits per heavy atom. The number of methoxy groups -OCH3 is 2. The van der Waals surface area contributed by atoms with Crippen LogP contribution in [0.5, 0.6) is 11.5 Å². The van der Waals surface area contributed by atoms with E-state index in [9.17, 15) is 4.79 Å². The van der Waals surface area contributed by atoms with Crippen molar-refractivity contribution >= 4 is 5.91 Å². The fourth-order valence-corrected chi connectivity index (χ4v) is 2.48. The van der Waals surface area contributed by atoms with Crippen molar-refractivity contribution < 1.29 is 23.5 Å². The number of hydrogen-bond acceptors (Lipinski definition) is 7. The molecule has 1 amide bonds. The zero-order chi connectivity index (χ0) is 19.8. The second-order valence-corrected chi connectivity index (χ2v) is 5.84. The fraction of sp³-hybridized carbons (Fsp3) is 0.250. The standard InChI is InChI=1S/C20H21N3O5/c1-25-16-9-8-15(10-17(16)26-2)20-22-19(28-23-20)11-21-18(24)13-27-12-14-6-4-3-5-7-14/h3-10H,11-13H2,1-2H3,(H,21,24). The minimum atomic E-state index is -0.262. The normalized spacial score (nSPS) is 10.5. The van der Waals surface area contributed by atoms with Crippen LogP contribution < -0.4 is 14.8 Å². The molecule has 3 rings (SSSR count). The number of amides is 1. The molecular weight excluding hydrogens is 362 g/mol. The molecule has 0 aliphatic carbocycles. The molecule has 0 saturated carbocycles. The van der Waals surface area contributed by atoms with Crippen molar-refractivity contribution in [3.05, 3.63) is 60.0 Å². The Labute approximate surface area is 162 Å². The molecule has 2 aromatic carbocycles. The Balaban J connectivity index is 1.50. The molecule has 1 heterocycles. The monoisotopic (exact) mass is 383 g/mol. The third-order valence-corrected chi connectivity index (χ3v) is 3.89. The van der Waals surface area contributed by atoms with Crippen LogP contribution in [-0.2, 0) is 22.7 Å². The highest BCUT2D eigenvalue weighted by Gasteiger charge is 2.13. The predicted octanol–water partition coefficient (Wildman–Crippen LogP) is 2.59. The highest BCUT2D eigenvalue weighted by Crippen LogP contribution is 2.31. The van der Waals surface area contributed by atoms with Crippen LogP contribution in [-0.4, -0.2) is 36.9 Å². The van der Waals surface area contributed by atoms with Gasteiger partial charge in [-0.1, -0.05) is 35.5 Å². The second kappa shape index (κ2) is 9.52. The molecule has 8 heteroatoms. The van der Waals surface area contributed by atoms with Crippen LogP contribution in [0.4, 0.5) is 0 Å². The van der Waals surface area contributed by atoms with Gasteiger partial charge in [-0.3, -0.25) is 4.79 Å². The maximum absolute atomic E-state index is 11.9. The lowest BCUT2D eigenvalue weighted by atomic mass is 10.2. The topological polar surface area (TPSA) is 95.7 Å². The highest BCUT2D eigenvalue weighted by molar-refractivity contribution is 5.77. The van der Waals surface area contributed by atoms with Crippen LogP contribution in [0.15, 0.2) is 53.1 Å². The lowest BCUT2D eigenvalue weighted by Crippen LogP contribution is -2.27. The van der Waals surface area contributed by atoms with E-state index in [1.165, 1.54) is 0 Å². The Morgan fingerprint density at radius 3 is 2.61 bits per heavy atom. The largest absolute Gasteiger partial charge is 0.493 e. The molecule has 0 spiro atoms. The first-order valence-corrected chi connectivity index (χ1v) is 8.63. The number of aromatic nitrogens is 2. The first-order chi connectivity index (χ1) is 13.7. The fourth-order valence-electron chi connectivity index (χ4n) is 2.48. The van der Waals surface area contributed by atoms with E-state index >= 15 is 0 Å². The Kier molecular flexibility index (Phi) is 6.59. The quantitative estimate of drug-likeness (QED) is 0.607. The van der Waals surface area contributed by atoms with E-state index in [2.05, 4.69) is 15.5 Å². The number of carbonyl (C=O) groups is 1. The van der Waals surface area contributed by atoms with Gasteiger partial charge in [-0.2, -0.15) is 4.98 Å². The summed E-state index contributed by atoms with van der Waals surface area (Å²) in [5.74, 6) is 1.60. The maximum atomic E-state index is 11.9. The van der Waals surface area contributed by atoms with Gasteiger partial charge < -0.3 is 24.1 Å². The summed E-state index contributed by atoms with van der Waals surface area (Å²) in [6, 6.07) is 15.0. The van der Waals surface area contributed by atoms with Gasteiger partial charge in [-0.15, -0.1) is 0 Å². The van der Waals surface area contributed by atoms with Crippen molar-refractivity contribution in [2.45, 2.75) is 13.2 Å². The lowest BCUT2D eigenvalue weighted by Gasteiger charge is -2.07. The highest BCUT2D eigenvalue weighted by atomic mass is 16.5. The molecule has 0 radical (unpaired) electrons. The van der Waals surface area contributed by atoms with Crippen molar-refractivity contribution in [1.82, 2.24) is 15.5 Å². The van der Waals surface area contributed by atoms with Crippen LogP contribution in [0.2, 0.25) is 0 Å². The first kappa shape index (κ1) is 19.4. The van der Waals surface area contributed by atoms with Crippen molar-refractivity contribution in [2.24, 2.45) is 0 Å². The predicted molar refractivity (Wildman–Crippen MR) is 101 cm³/mol. The molecule has 146 valence electrons. The van der Waals surface area contributed by atoms with Gasteiger partial charge >= 0.3 is 0 Å². The molecule has 0 unspecified atom stereocenters. The number of rotatable bonds is 9. The van der Waals surface area contributed by atoms with Gasteiger partial charge in [0.05, 0.1) is 27.4 Å². The molecule has 0 atom stereocenters. The summed E-state index contributed by atoms with van der Waals surface area (Å²) in [5, 5.41) is 6.62. The molecule has 3 aromatic rings. The van der Waals surface area contributed by atoms with Crippen molar-refractivity contribution in [3.63, 3.8) is 0 Å². The molecule has 28 heavy (non-hydrogen) atoms. The third kappa shape index (κ3) is 5.08. The van der Waals surface area contributed by atoms with Crippen molar-refractivity contribution in [3.8, 4) is 22.9 Å². The number of ether oxygens (including phenoxy) is 3. The molecular formula is C20H21N3O5. The Morgan fingerprint density at radius 1 is 1.07 bits per heavy atom. The van der Waals surface area contributed by atoms with Crippen molar-refractivity contribution in [1.29, 1.82) is 0 Å². The van der Waals surface area contributed by atoms with Gasteiger partial charge in [-0.25, -0.2) is 0 Å². The molecule has 1 aromatic heterocycles. The van der Waals surface area contributed by atoms with E-state index in [1.807, 2.05) is 30.3 Å². The lowest BCUT2D eigenvalue weighted by molar-refractivity contribution is -0.126. The molecule has 8 nitrogen and oxygen atoms in total. The van der Waals surface area contributed by atoms with Gasteiger partial charge in [0.2, 0.25) is 17.6 Å². The third-order valence-electron chi connectivity index (χ3n) is 3.89. The summed E-state index contributed by atoms with van der Waals surface area (Å²) in [4.78, 5) is 16.2. The average molecular weight is 383 g/mol. The molecule has 0 bridgehead atoms. The van der Waals surface area contributed by atoms with E-state index in [1.54, 1.807) is 32.4 Å². The summed E-state index contributed by atoms with van der Waals surface area (Å²) in [6.07, 6.45) is 0. The number of carbonyl (C=O) groups excluding carboxylic acids is 1. The first-order valence-electron chi connectivity index (χ1n) is 8.63. The summed E-state index contributed by atoms with van der Waals surface area (Å²) in [7, 11) is 3.12. The molecule has 0 saturated heterocycles. The number of nitrogens with zero attached hydrogens (tertiary/aromatic N) is 2. The summed E-state index contributed by atoms with van der Waals surface area (Å²) in [5.41, 5.74) is 1.72. The van der Waals surface area contributed by atoms with Crippen LogP contribution in [0.1, 0.15) is 11.5 Å². The summed E-state index contributed by atoms with van der Waals surface area (Å²) < 4.78 is 21.1. The summed E-state index contributed by atoms with van der Waals surface area (Å²) in [6.45, 7) is 0.442. The van der Waals surface area contributed by atoms with Crippen LogP contribution >= 0.6 is 0 Å². The van der Waals surface area contributed by atoms with Crippen LogP contribution in [0, 0.1) is 0 Å². The van der Waals surface area contributed by atoms with E-state index in [0.29, 0.717) is 35.4 Å². The van der Waals surface area contributed by atoms with Gasteiger partial charge in [0, 0.05) is 5.56 Å². The van der Waals surface area contributed by atoms with E-state index < -0.39 is 0 Å². The van der Waals surface area contributed by atoms with Gasteiger partial charge in [0.15, 0.2) is 11.5 Å². The second-order valence-electron chi connectivity index (χ2n) is 5.84.